The van der Waals surface area contributed by atoms with Gasteiger partial charge in [-0.15, -0.1) is 0 Å². The van der Waals surface area contributed by atoms with Gasteiger partial charge in [0.25, 0.3) is 11.8 Å². The average Bonchev–Trinajstić information content (AvgIpc) is 3.44. The minimum atomic E-state index is -1.41. The van der Waals surface area contributed by atoms with Gasteiger partial charge in [0.15, 0.2) is 5.54 Å². The molecule has 2 saturated heterocycles. The van der Waals surface area contributed by atoms with Crippen molar-refractivity contribution in [1.82, 2.24) is 20.9 Å². The highest BCUT2D eigenvalue weighted by Crippen LogP contribution is 2.33. The monoisotopic (exact) mass is 434 g/mol. The molecule has 5 rings (SSSR count). The summed E-state index contributed by atoms with van der Waals surface area (Å²) < 4.78 is 5.22. The summed E-state index contributed by atoms with van der Waals surface area (Å²) >= 11 is 0. The van der Waals surface area contributed by atoms with Crippen LogP contribution in [0.5, 0.6) is 5.75 Å². The van der Waals surface area contributed by atoms with Crippen LogP contribution in [0.4, 0.5) is 4.79 Å². The number of methoxy groups -OCH3 is 1. The van der Waals surface area contributed by atoms with Crippen molar-refractivity contribution < 1.29 is 23.9 Å². The van der Waals surface area contributed by atoms with E-state index in [2.05, 4.69) is 16.0 Å². The van der Waals surface area contributed by atoms with Gasteiger partial charge in [0, 0.05) is 18.5 Å². The minimum Gasteiger partial charge on any atom is -0.497 e. The molecule has 2 atom stereocenters. The third kappa shape index (κ3) is 3.17. The number of nitrogens with one attached hydrogen (secondary N) is 3. The molecular weight excluding hydrogens is 412 g/mol. The van der Waals surface area contributed by atoms with E-state index in [9.17, 15) is 19.2 Å². The van der Waals surface area contributed by atoms with Crippen molar-refractivity contribution >= 4 is 23.8 Å². The minimum absolute atomic E-state index is 0.0140. The van der Waals surface area contributed by atoms with Gasteiger partial charge in [-0.3, -0.25) is 19.7 Å². The van der Waals surface area contributed by atoms with E-state index >= 15 is 0 Å². The number of carbonyl (C=O) groups excluding carboxylic acids is 4. The summed E-state index contributed by atoms with van der Waals surface area (Å²) in [4.78, 5) is 51.2. The number of amides is 5. The molecule has 3 aliphatic rings. The third-order valence-corrected chi connectivity index (χ3v) is 6.37. The zero-order valence-corrected chi connectivity index (χ0v) is 17.4. The van der Waals surface area contributed by atoms with E-state index in [0.717, 1.165) is 11.1 Å². The molecule has 0 unspecified atom stereocenters. The van der Waals surface area contributed by atoms with Crippen molar-refractivity contribution in [2.45, 2.75) is 31.0 Å². The molecule has 9 nitrogen and oxygen atoms in total. The Hall–Kier alpha value is -3.88. The Balaban J connectivity index is 1.45. The van der Waals surface area contributed by atoms with Crippen molar-refractivity contribution in [2.24, 2.45) is 0 Å². The first-order valence-electron chi connectivity index (χ1n) is 10.4. The molecule has 3 N–H and O–H groups in total. The summed E-state index contributed by atoms with van der Waals surface area (Å²) in [5, 5.41) is 7.96. The Morgan fingerprint density at radius 3 is 2.50 bits per heavy atom. The topological polar surface area (TPSA) is 117 Å². The van der Waals surface area contributed by atoms with Crippen LogP contribution in [0.3, 0.4) is 0 Å². The van der Waals surface area contributed by atoms with Crippen LogP contribution in [0.1, 0.15) is 45.9 Å². The van der Waals surface area contributed by atoms with Crippen molar-refractivity contribution in [3.8, 4) is 5.75 Å². The predicted octanol–water partition coefficient (Wildman–Crippen LogP) is 1.34. The van der Waals surface area contributed by atoms with Crippen LogP contribution in [0.15, 0.2) is 42.5 Å². The van der Waals surface area contributed by atoms with Crippen LogP contribution in [0.25, 0.3) is 0 Å². The molecule has 9 heteroatoms. The van der Waals surface area contributed by atoms with Crippen molar-refractivity contribution in [2.75, 3.05) is 13.7 Å². The van der Waals surface area contributed by atoms with Gasteiger partial charge in [0.2, 0.25) is 5.91 Å². The normalized spacial score (nSPS) is 24.3. The first kappa shape index (κ1) is 20.0. The van der Waals surface area contributed by atoms with E-state index in [-0.39, 0.29) is 24.4 Å². The fourth-order valence-electron chi connectivity index (χ4n) is 4.64. The summed E-state index contributed by atoms with van der Waals surface area (Å²) in [6.07, 6.45) is 1.20. The largest absolute Gasteiger partial charge is 0.497 e. The molecule has 0 aromatic heterocycles. The molecule has 3 heterocycles. The lowest BCUT2D eigenvalue weighted by Gasteiger charge is -2.31. The number of rotatable bonds is 5. The van der Waals surface area contributed by atoms with Gasteiger partial charge >= 0.3 is 6.03 Å². The van der Waals surface area contributed by atoms with Crippen molar-refractivity contribution in [3.63, 3.8) is 0 Å². The lowest BCUT2D eigenvalue weighted by Crippen LogP contribution is -2.52. The predicted molar refractivity (Wildman–Crippen MR) is 113 cm³/mol. The summed E-state index contributed by atoms with van der Waals surface area (Å²) in [5.41, 5.74) is 1.45. The van der Waals surface area contributed by atoms with Gasteiger partial charge in [-0.25, -0.2) is 4.79 Å². The molecule has 0 radical (unpaired) electrons. The second-order valence-electron chi connectivity index (χ2n) is 8.28. The quantitative estimate of drug-likeness (QED) is 0.614. The average molecular weight is 434 g/mol. The van der Waals surface area contributed by atoms with Crippen molar-refractivity contribution in [3.05, 3.63) is 64.7 Å². The summed E-state index contributed by atoms with van der Waals surface area (Å²) in [5.74, 6) is -0.139. The van der Waals surface area contributed by atoms with Crippen LogP contribution in [-0.4, -0.2) is 42.3 Å². The number of hydrogen-bond acceptors (Lipinski definition) is 5. The molecule has 32 heavy (non-hydrogen) atoms. The third-order valence-electron chi connectivity index (χ3n) is 6.37. The highest BCUT2D eigenvalue weighted by Gasteiger charge is 2.50. The molecule has 0 saturated carbocycles. The van der Waals surface area contributed by atoms with E-state index in [1.807, 2.05) is 18.2 Å². The fraction of sp³-hybridized carbons (Fsp3) is 0.304. The van der Waals surface area contributed by atoms with E-state index < -0.39 is 17.5 Å². The molecule has 0 bridgehead atoms. The van der Waals surface area contributed by atoms with Gasteiger partial charge < -0.3 is 20.3 Å². The molecule has 0 aliphatic carbocycles. The van der Waals surface area contributed by atoms with E-state index in [1.165, 1.54) is 7.11 Å². The molecule has 0 spiro atoms. The zero-order valence-electron chi connectivity index (χ0n) is 17.4. The Morgan fingerprint density at radius 1 is 1.09 bits per heavy atom. The maximum absolute atomic E-state index is 13.1. The summed E-state index contributed by atoms with van der Waals surface area (Å²) in [6, 6.07) is 11.8. The Bertz CT molecular complexity index is 1150. The fourth-order valence-corrected chi connectivity index (χ4v) is 4.64. The maximum Gasteiger partial charge on any atom is 0.322 e. The highest BCUT2D eigenvalue weighted by molar-refractivity contribution is 6.08. The second kappa shape index (κ2) is 7.37. The number of ether oxygens (including phenoxy) is 1. The van der Waals surface area contributed by atoms with E-state index in [0.29, 0.717) is 36.3 Å². The Labute approximate surface area is 184 Å². The van der Waals surface area contributed by atoms with Gasteiger partial charge in [0.1, 0.15) is 5.75 Å². The number of hydrogen-bond donors (Lipinski definition) is 3. The number of benzene rings is 2. The van der Waals surface area contributed by atoms with E-state index in [4.69, 9.17) is 4.74 Å². The number of urea groups is 1. The van der Waals surface area contributed by atoms with Gasteiger partial charge in [-0.2, -0.15) is 0 Å². The number of fused-ring (bicyclic) bond motifs is 1. The number of nitrogens with zero attached hydrogens (tertiary/aromatic N) is 1. The smallest absolute Gasteiger partial charge is 0.322 e. The van der Waals surface area contributed by atoms with Gasteiger partial charge in [-0.1, -0.05) is 30.3 Å². The zero-order chi connectivity index (χ0) is 22.5. The molecular formula is C23H22N4O5. The van der Waals surface area contributed by atoms with Crippen molar-refractivity contribution in [1.29, 1.82) is 0 Å². The van der Waals surface area contributed by atoms with Crippen LogP contribution in [0, 0.1) is 0 Å². The Kier molecular flexibility index (Phi) is 4.61. The second-order valence-corrected chi connectivity index (χ2v) is 8.28. The lowest BCUT2D eigenvalue weighted by molar-refractivity contribution is -0.124. The first-order chi connectivity index (χ1) is 15.4. The first-order valence-corrected chi connectivity index (χ1v) is 10.4. The maximum atomic E-state index is 13.1. The lowest BCUT2D eigenvalue weighted by atomic mass is 9.88. The summed E-state index contributed by atoms with van der Waals surface area (Å²) in [6.45, 7) is 0.315. The van der Waals surface area contributed by atoms with Crippen LogP contribution in [-0.2, 0) is 21.7 Å². The number of imide groups is 1. The molecule has 2 aromatic rings. The molecule has 2 aromatic carbocycles. The van der Waals surface area contributed by atoms with Crippen LogP contribution >= 0.6 is 0 Å². The van der Waals surface area contributed by atoms with E-state index in [1.54, 1.807) is 29.2 Å². The molecule has 2 fully saturated rings. The highest BCUT2D eigenvalue weighted by atomic mass is 16.5. The summed E-state index contributed by atoms with van der Waals surface area (Å²) in [7, 11) is 1.53. The Morgan fingerprint density at radius 2 is 1.88 bits per heavy atom. The van der Waals surface area contributed by atoms with Gasteiger partial charge in [0.05, 0.1) is 19.7 Å². The van der Waals surface area contributed by atoms with Crippen LogP contribution < -0.4 is 20.7 Å². The standard InChI is InChI=1S/C23H22N4O5/c1-32-16-7-4-14-11-27(20(29)17(14)10-16)12-23(21(30)25-22(31)26-23)15-5-2-13(3-6-15)18-8-9-19(28)24-18/h2-7,10,18H,8-9,11-12H2,1H3,(H,24,28)(H2,25,26,30,31)/t18-,23+/m1/s1. The molecule has 3 aliphatic heterocycles. The molecule has 5 amide bonds. The van der Waals surface area contributed by atoms with Gasteiger partial charge in [-0.05, 0) is 35.2 Å². The SMILES string of the molecule is COc1ccc2c(c1)C(=O)N(C[C@@]1(c3ccc([C@H]4CCC(=O)N4)cc3)NC(=O)NC1=O)C2. The number of carbonyl (C=O) groups is 4. The van der Waals surface area contributed by atoms with Crippen LogP contribution in [0.2, 0.25) is 0 Å². The molecule has 164 valence electrons.